The van der Waals surface area contributed by atoms with Gasteiger partial charge in [-0.15, -0.1) is 0 Å². The molecule has 0 saturated heterocycles. The number of hydrogen-bond acceptors (Lipinski definition) is 3. The first-order valence-electron chi connectivity index (χ1n) is 9.09. The second-order valence-corrected chi connectivity index (χ2v) is 8.53. The molecule has 1 aromatic rings. The Balaban J connectivity index is 1.76. The number of ether oxygens (including phenoxy) is 1. The summed E-state index contributed by atoms with van der Waals surface area (Å²) in [6.45, 7) is 9.27. The first-order chi connectivity index (χ1) is 11.7. The Labute approximate surface area is 149 Å². The first-order valence-corrected chi connectivity index (χ1v) is 9.09. The van der Waals surface area contributed by atoms with Crippen LogP contribution in [-0.4, -0.2) is 29.4 Å². The number of rotatable bonds is 4. The van der Waals surface area contributed by atoms with E-state index in [2.05, 4.69) is 5.32 Å². The molecule has 5 nitrogen and oxygen atoms in total. The number of nitrogens with zero attached hydrogens (tertiary/aromatic N) is 1. The normalized spacial score (nSPS) is 20.6. The molecule has 136 valence electrons. The molecule has 1 unspecified atom stereocenters. The number of carbonyl (C=O) groups is 2. The summed E-state index contributed by atoms with van der Waals surface area (Å²) < 4.78 is 5.84. The zero-order valence-electron chi connectivity index (χ0n) is 15.6. The number of benzene rings is 1. The molecule has 0 bridgehead atoms. The van der Waals surface area contributed by atoms with E-state index in [0.29, 0.717) is 18.9 Å². The van der Waals surface area contributed by atoms with Gasteiger partial charge in [0.15, 0.2) is 6.10 Å². The van der Waals surface area contributed by atoms with Gasteiger partial charge in [-0.3, -0.25) is 9.59 Å². The van der Waals surface area contributed by atoms with Crippen molar-refractivity contribution in [1.29, 1.82) is 0 Å². The molecule has 25 heavy (non-hydrogen) atoms. The Kier molecular flexibility index (Phi) is 4.76. The van der Waals surface area contributed by atoms with Gasteiger partial charge in [-0.05, 0) is 49.3 Å². The van der Waals surface area contributed by atoms with Crippen molar-refractivity contribution in [2.45, 2.75) is 59.6 Å². The minimum Gasteiger partial charge on any atom is -0.481 e. The van der Waals surface area contributed by atoms with E-state index in [4.69, 9.17) is 4.74 Å². The van der Waals surface area contributed by atoms with Crippen LogP contribution < -0.4 is 10.1 Å². The zero-order valence-corrected chi connectivity index (χ0v) is 15.6. The fourth-order valence-electron chi connectivity index (χ4n) is 3.13. The molecule has 5 heteroatoms. The van der Waals surface area contributed by atoms with Crippen LogP contribution in [0.15, 0.2) is 18.2 Å². The maximum absolute atomic E-state index is 12.5. The zero-order chi connectivity index (χ0) is 18.2. The molecule has 1 N–H and O–H groups in total. The summed E-state index contributed by atoms with van der Waals surface area (Å²) in [4.78, 5) is 26.6. The smallest absolute Gasteiger partial charge is 0.263 e. The molecule has 2 amide bonds. The van der Waals surface area contributed by atoms with Crippen LogP contribution >= 0.6 is 0 Å². The summed E-state index contributed by atoms with van der Waals surface area (Å²) in [5.74, 6) is 1.41. The van der Waals surface area contributed by atoms with Crippen LogP contribution in [0.4, 0.5) is 5.69 Å². The quantitative estimate of drug-likeness (QED) is 0.908. The molecule has 1 fully saturated rings. The third-order valence-corrected chi connectivity index (χ3v) is 4.54. The lowest BCUT2D eigenvalue weighted by Gasteiger charge is -2.22. The highest BCUT2D eigenvalue weighted by molar-refractivity contribution is 5.91. The van der Waals surface area contributed by atoms with Crippen molar-refractivity contribution in [3.63, 3.8) is 0 Å². The fourth-order valence-corrected chi connectivity index (χ4v) is 3.13. The number of nitrogens with one attached hydrogen (secondary N) is 1. The van der Waals surface area contributed by atoms with Crippen molar-refractivity contribution in [3.8, 4) is 5.75 Å². The predicted molar refractivity (Wildman–Crippen MR) is 97.4 cm³/mol. The van der Waals surface area contributed by atoms with E-state index in [1.807, 2.05) is 43.9 Å². The molecule has 0 aromatic heterocycles. The predicted octanol–water partition coefficient (Wildman–Crippen LogP) is 3.58. The Bertz CT molecular complexity index is 674. The Morgan fingerprint density at radius 2 is 2.04 bits per heavy atom. The van der Waals surface area contributed by atoms with Gasteiger partial charge in [-0.1, -0.05) is 20.8 Å². The molecule has 1 atom stereocenters. The Hall–Kier alpha value is -2.04. The molecule has 3 rings (SSSR count). The van der Waals surface area contributed by atoms with Crippen LogP contribution in [0, 0.1) is 11.3 Å². The molecular weight excluding hydrogens is 316 g/mol. The van der Waals surface area contributed by atoms with Crippen LogP contribution in [0.3, 0.4) is 0 Å². The second-order valence-electron chi connectivity index (χ2n) is 8.53. The van der Waals surface area contributed by atoms with E-state index >= 15 is 0 Å². The molecule has 1 aliphatic carbocycles. The lowest BCUT2D eigenvalue weighted by Crippen LogP contribution is -2.39. The van der Waals surface area contributed by atoms with E-state index in [9.17, 15) is 9.59 Å². The van der Waals surface area contributed by atoms with Gasteiger partial charge in [0, 0.05) is 30.8 Å². The van der Waals surface area contributed by atoms with Crippen molar-refractivity contribution in [2.24, 2.45) is 11.3 Å². The summed E-state index contributed by atoms with van der Waals surface area (Å²) in [6.07, 6.45) is 2.40. The van der Waals surface area contributed by atoms with Crippen LogP contribution in [0.25, 0.3) is 0 Å². The van der Waals surface area contributed by atoms with Crippen LogP contribution in [0.1, 0.15) is 52.5 Å². The SMILES string of the molecule is CC1Oc2ccc(NC(=O)CC(C)(C)C)cc2CN(CC2CC2)C1=O. The molecule has 1 heterocycles. The van der Waals surface area contributed by atoms with Crippen LogP contribution in [0.5, 0.6) is 5.75 Å². The van der Waals surface area contributed by atoms with Gasteiger partial charge >= 0.3 is 0 Å². The largest absolute Gasteiger partial charge is 0.481 e. The van der Waals surface area contributed by atoms with E-state index in [0.717, 1.165) is 23.5 Å². The van der Waals surface area contributed by atoms with Gasteiger partial charge in [0.05, 0.1) is 0 Å². The van der Waals surface area contributed by atoms with Gasteiger partial charge in [0.25, 0.3) is 5.91 Å². The number of hydrogen-bond donors (Lipinski definition) is 1. The van der Waals surface area contributed by atoms with Gasteiger partial charge in [0.1, 0.15) is 5.75 Å². The fraction of sp³-hybridized carbons (Fsp3) is 0.600. The van der Waals surface area contributed by atoms with Crippen molar-refractivity contribution in [1.82, 2.24) is 4.90 Å². The van der Waals surface area contributed by atoms with Gasteiger partial charge < -0.3 is 15.0 Å². The maximum Gasteiger partial charge on any atom is 0.263 e. The minimum atomic E-state index is -0.471. The van der Waals surface area contributed by atoms with Gasteiger partial charge in [0.2, 0.25) is 5.91 Å². The van der Waals surface area contributed by atoms with Gasteiger partial charge in [-0.2, -0.15) is 0 Å². The molecule has 2 aliphatic rings. The van der Waals surface area contributed by atoms with Crippen molar-refractivity contribution in [3.05, 3.63) is 23.8 Å². The number of anilines is 1. The summed E-state index contributed by atoms with van der Waals surface area (Å²) >= 11 is 0. The average Bonchev–Trinajstić information content (AvgIpc) is 3.30. The van der Waals surface area contributed by atoms with Crippen molar-refractivity contribution < 1.29 is 14.3 Å². The van der Waals surface area contributed by atoms with E-state index < -0.39 is 6.10 Å². The molecule has 0 radical (unpaired) electrons. The topological polar surface area (TPSA) is 58.6 Å². The van der Waals surface area contributed by atoms with E-state index in [1.165, 1.54) is 12.8 Å². The standard InChI is InChI=1S/C20H28N2O3/c1-13-19(24)22(11-14-5-6-14)12-15-9-16(7-8-17(15)25-13)21-18(23)10-20(2,3)4/h7-9,13-14H,5-6,10-12H2,1-4H3,(H,21,23). The monoisotopic (exact) mass is 344 g/mol. The summed E-state index contributed by atoms with van der Waals surface area (Å²) in [5, 5.41) is 2.96. The lowest BCUT2D eigenvalue weighted by atomic mass is 9.92. The number of fused-ring (bicyclic) bond motifs is 1. The maximum atomic E-state index is 12.5. The average molecular weight is 344 g/mol. The third kappa shape index (κ3) is 4.74. The van der Waals surface area contributed by atoms with Crippen LogP contribution in [0.2, 0.25) is 0 Å². The first kappa shape index (κ1) is 17.8. The number of amides is 2. The number of carbonyl (C=O) groups excluding carboxylic acids is 2. The van der Waals surface area contributed by atoms with E-state index in [-0.39, 0.29) is 17.2 Å². The van der Waals surface area contributed by atoms with Crippen molar-refractivity contribution >= 4 is 17.5 Å². The summed E-state index contributed by atoms with van der Waals surface area (Å²) in [6, 6.07) is 5.63. The highest BCUT2D eigenvalue weighted by Crippen LogP contribution is 2.34. The summed E-state index contributed by atoms with van der Waals surface area (Å²) in [7, 11) is 0. The highest BCUT2D eigenvalue weighted by Gasteiger charge is 2.32. The summed E-state index contributed by atoms with van der Waals surface area (Å²) in [5.41, 5.74) is 1.65. The molecule has 1 aliphatic heterocycles. The second kappa shape index (κ2) is 6.70. The minimum absolute atomic E-state index is 0.00118. The van der Waals surface area contributed by atoms with Crippen molar-refractivity contribution in [2.75, 3.05) is 11.9 Å². The van der Waals surface area contributed by atoms with Gasteiger partial charge in [-0.25, -0.2) is 0 Å². The van der Waals surface area contributed by atoms with Crippen LogP contribution in [-0.2, 0) is 16.1 Å². The third-order valence-electron chi connectivity index (χ3n) is 4.54. The van der Waals surface area contributed by atoms with E-state index in [1.54, 1.807) is 6.92 Å². The lowest BCUT2D eigenvalue weighted by molar-refractivity contribution is -0.137. The molecule has 1 saturated carbocycles. The molecular formula is C20H28N2O3. The Morgan fingerprint density at radius 3 is 2.68 bits per heavy atom. The Morgan fingerprint density at radius 1 is 1.32 bits per heavy atom. The molecule has 1 aromatic carbocycles. The molecule has 0 spiro atoms. The highest BCUT2D eigenvalue weighted by atomic mass is 16.5.